The van der Waals surface area contributed by atoms with E-state index >= 15 is 0 Å². The van der Waals surface area contributed by atoms with Crippen LogP contribution in [-0.4, -0.2) is 0 Å². The van der Waals surface area contributed by atoms with Gasteiger partial charge in [-0.25, -0.2) is 0 Å². The predicted octanol–water partition coefficient (Wildman–Crippen LogP) is 3.58. The molecule has 3 heteroatoms. The highest BCUT2D eigenvalue weighted by Crippen LogP contribution is 2.47. The third-order valence-corrected chi connectivity index (χ3v) is 3.78. The third kappa shape index (κ3) is 1.24. The smallest absolute Gasteiger partial charge is 0.138 e. The topological polar surface area (TPSA) is 47.6 Å². The maximum atomic E-state index is 9.05. The van der Waals surface area contributed by atoms with Gasteiger partial charge in [-0.3, -0.25) is 0 Å². The standard InChI is InChI=1S/C14H6N2S/c15-7-9(8-16)13-11-4-2-1-3-10(11)12-5-6-17-14(12)13/h1-6H. The van der Waals surface area contributed by atoms with Crippen molar-refractivity contribution in [1.82, 2.24) is 0 Å². The summed E-state index contributed by atoms with van der Waals surface area (Å²) in [6, 6.07) is 13.9. The average Bonchev–Trinajstić information content (AvgIpc) is 2.93. The molecule has 1 aromatic heterocycles. The van der Waals surface area contributed by atoms with Crippen LogP contribution in [-0.2, 0) is 0 Å². The summed E-state index contributed by atoms with van der Waals surface area (Å²) in [6.07, 6.45) is 0. The zero-order chi connectivity index (χ0) is 11.8. The predicted molar refractivity (Wildman–Crippen MR) is 67.0 cm³/mol. The van der Waals surface area contributed by atoms with Gasteiger partial charge in [0.1, 0.15) is 17.7 Å². The summed E-state index contributed by atoms with van der Waals surface area (Å²) in [4.78, 5) is 1.03. The Morgan fingerprint density at radius 2 is 1.65 bits per heavy atom. The molecule has 2 nitrogen and oxygen atoms in total. The van der Waals surface area contributed by atoms with Crippen LogP contribution in [0.3, 0.4) is 0 Å². The average molecular weight is 234 g/mol. The Balaban J connectivity index is 2.46. The molecule has 0 unspecified atom stereocenters. The maximum Gasteiger partial charge on any atom is 0.138 e. The van der Waals surface area contributed by atoms with Crippen LogP contribution in [0.1, 0.15) is 10.4 Å². The van der Waals surface area contributed by atoms with Gasteiger partial charge >= 0.3 is 0 Å². The summed E-state index contributed by atoms with van der Waals surface area (Å²) in [7, 11) is 0. The summed E-state index contributed by atoms with van der Waals surface area (Å²) in [5.74, 6) is 0. The van der Waals surface area contributed by atoms with Crippen molar-refractivity contribution in [3.63, 3.8) is 0 Å². The number of nitriles is 2. The van der Waals surface area contributed by atoms with Crippen LogP contribution in [0.25, 0.3) is 16.7 Å². The summed E-state index contributed by atoms with van der Waals surface area (Å²) < 4.78 is 0. The van der Waals surface area contributed by atoms with Gasteiger partial charge in [0.15, 0.2) is 0 Å². The largest absolute Gasteiger partial charge is 0.192 e. The summed E-state index contributed by atoms with van der Waals surface area (Å²) in [6.45, 7) is 0. The first-order chi connectivity index (χ1) is 8.36. The Labute approximate surface area is 103 Å². The Kier molecular flexibility index (Phi) is 2.08. The highest BCUT2D eigenvalue weighted by atomic mass is 32.1. The first-order valence-electron chi connectivity index (χ1n) is 5.09. The minimum absolute atomic E-state index is 0.193. The van der Waals surface area contributed by atoms with Crippen LogP contribution in [0.15, 0.2) is 41.3 Å². The molecule has 0 radical (unpaired) electrons. The maximum absolute atomic E-state index is 9.05. The number of benzene rings is 1. The first kappa shape index (κ1) is 9.84. The van der Waals surface area contributed by atoms with Gasteiger partial charge in [0.2, 0.25) is 0 Å². The molecule has 0 saturated heterocycles. The van der Waals surface area contributed by atoms with Crippen molar-refractivity contribution in [2.45, 2.75) is 0 Å². The Morgan fingerprint density at radius 1 is 0.941 bits per heavy atom. The van der Waals surface area contributed by atoms with Gasteiger partial charge in [0.25, 0.3) is 0 Å². The molecule has 0 atom stereocenters. The Morgan fingerprint density at radius 3 is 2.35 bits per heavy atom. The van der Waals surface area contributed by atoms with E-state index in [0.717, 1.165) is 27.1 Å². The zero-order valence-corrected chi connectivity index (χ0v) is 9.58. The van der Waals surface area contributed by atoms with Crippen molar-refractivity contribution in [3.05, 3.63) is 51.7 Å². The molecule has 0 spiro atoms. The van der Waals surface area contributed by atoms with Gasteiger partial charge in [-0.1, -0.05) is 24.3 Å². The van der Waals surface area contributed by atoms with Crippen LogP contribution < -0.4 is 0 Å². The molecule has 3 rings (SSSR count). The molecule has 1 aromatic carbocycles. The van der Waals surface area contributed by atoms with Gasteiger partial charge in [0.05, 0.1) is 0 Å². The lowest BCUT2D eigenvalue weighted by Gasteiger charge is -2.00. The quantitative estimate of drug-likeness (QED) is 0.558. The molecule has 0 saturated carbocycles. The van der Waals surface area contributed by atoms with E-state index in [1.807, 2.05) is 47.9 Å². The zero-order valence-electron chi connectivity index (χ0n) is 8.77. The van der Waals surface area contributed by atoms with Gasteiger partial charge in [-0.15, -0.1) is 11.3 Å². The van der Waals surface area contributed by atoms with Gasteiger partial charge in [-0.05, 0) is 22.6 Å². The molecule has 1 aliphatic rings. The molecule has 0 amide bonds. The van der Waals surface area contributed by atoms with Gasteiger partial charge in [-0.2, -0.15) is 10.5 Å². The third-order valence-electron chi connectivity index (χ3n) is 2.85. The van der Waals surface area contributed by atoms with Crippen LogP contribution in [0.2, 0.25) is 0 Å². The molecule has 0 bridgehead atoms. The van der Waals surface area contributed by atoms with E-state index in [1.54, 1.807) is 11.3 Å². The Bertz CT molecular complexity index is 707. The van der Waals surface area contributed by atoms with E-state index < -0.39 is 0 Å². The van der Waals surface area contributed by atoms with E-state index in [-0.39, 0.29) is 5.57 Å². The lowest BCUT2D eigenvalue weighted by atomic mass is 10.0. The summed E-state index contributed by atoms with van der Waals surface area (Å²) in [5.41, 5.74) is 4.21. The van der Waals surface area contributed by atoms with Crippen LogP contribution >= 0.6 is 11.3 Å². The minimum atomic E-state index is 0.193. The molecule has 1 aliphatic carbocycles. The van der Waals surface area contributed by atoms with E-state index in [4.69, 9.17) is 10.5 Å². The molecule has 0 fully saturated rings. The van der Waals surface area contributed by atoms with Crippen molar-refractivity contribution < 1.29 is 0 Å². The van der Waals surface area contributed by atoms with E-state index in [1.165, 1.54) is 0 Å². The number of hydrogen-bond acceptors (Lipinski definition) is 3. The van der Waals surface area contributed by atoms with Crippen molar-refractivity contribution in [3.8, 4) is 23.3 Å². The number of allylic oxidation sites excluding steroid dienone is 1. The fraction of sp³-hybridized carbons (Fsp3) is 0. The number of rotatable bonds is 0. The molecular weight excluding hydrogens is 228 g/mol. The van der Waals surface area contributed by atoms with Crippen LogP contribution in [0.4, 0.5) is 0 Å². The van der Waals surface area contributed by atoms with E-state index in [0.29, 0.717) is 0 Å². The second-order valence-electron chi connectivity index (χ2n) is 3.68. The molecule has 17 heavy (non-hydrogen) atoms. The lowest BCUT2D eigenvalue weighted by Crippen LogP contribution is -1.85. The van der Waals surface area contributed by atoms with Gasteiger partial charge in [0, 0.05) is 16.0 Å². The molecule has 0 N–H and O–H groups in total. The number of thiophene rings is 1. The second kappa shape index (κ2) is 3.59. The lowest BCUT2D eigenvalue weighted by molar-refractivity contribution is 1.46. The van der Waals surface area contributed by atoms with Crippen molar-refractivity contribution in [2.75, 3.05) is 0 Å². The number of nitrogens with zero attached hydrogens (tertiary/aromatic N) is 2. The van der Waals surface area contributed by atoms with Crippen LogP contribution in [0.5, 0.6) is 0 Å². The van der Waals surface area contributed by atoms with Crippen LogP contribution in [0, 0.1) is 22.7 Å². The molecule has 0 aliphatic heterocycles. The number of fused-ring (bicyclic) bond motifs is 3. The second-order valence-corrected chi connectivity index (χ2v) is 4.60. The minimum Gasteiger partial charge on any atom is -0.192 e. The highest BCUT2D eigenvalue weighted by molar-refractivity contribution is 7.12. The normalized spacial score (nSPS) is 11.3. The summed E-state index contributed by atoms with van der Waals surface area (Å²) >= 11 is 1.58. The van der Waals surface area contributed by atoms with Crippen molar-refractivity contribution >= 4 is 16.9 Å². The van der Waals surface area contributed by atoms with E-state index in [9.17, 15) is 0 Å². The van der Waals surface area contributed by atoms with E-state index in [2.05, 4.69) is 0 Å². The number of hydrogen-bond donors (Lipinski definition) is 0. The monoisotopic (exact) mass is 234 g/mol. The fourth-order valence-electron chi connectivity index (χ4n) is 2.16. The molecular formula is C14H6N2S. The summed E-state index contributed by atoms with van der Waals surface area (Å²) in [5, 5.41) is 20.1. The van der Waals surface area contributed by atoms with Crippen molar-refractivity contribution in [1.29, 1.82) is 10.5 Å². The molecule has 2 aromatic rings. The molecule has 1 heterocycles. The highest BCUT2D eigenvalue weighted by Gasteiger charge is 2.27. The Hall–Kier alpha value is -2.36. The van der Waals surface area contributed by atoms with Crippen molar-refractivity contribution in [2.24, 2.45) is 0 Å². The SMILES string of the molecule is N#CC(C#N)=C1c2ccccc2-c2ccsc21. The molecule has 78 valence electrons. The first-order valence-corrected chi connectivity index (χ1v) is 5.97. The fourth-order valence-corrected chi connectivity index (χ4v) is 3.13. The van der Waals surface area contributed by atoms with Gasteiger partial charge < -0.3 is 0 Å².